The summed E-state index contributed by atoms with van der Waals surface area (Å²) >= 11 is 6.02. The number of rotatable bonds is 7. The molecule has 0 aliphatic heterocycles. The molecule has 0 unspecified atom stereocenters. The first-order chi connectivity index (χ1) is 12.6. The summed E-state index contributed by atoms with van der Waals surface area (Å²) in [5, 5.41) is 7.38. The molecule has 6 heteroatoms. The molecule has 5 nitrogen and oxygen atoms in total. The summed E-state index contributed by atoms with van der Waals surface area (Å²) in [6.45, 7) is 2.63. The van der Waals surface area contributed by atoms with Crippen molar-refractivity contribution in [2.24, 2.45) is 0 Å². The van der Waals surface area contributed by atoms with Gasteiger partial charge in [-0.15, -0.1) is 0 Å². The molecule has 26 heavy (non-hydrogen) atoms. The lowest BCUT2D eigenvalue weighted by molar-refractivity contribution is 0.417. The van der Waals surface area contributed by atoms with Crippen molar-refractivity contribution in [2.75, 3.05) is 24.3 Å². The lowest BCUT2D eigenvalue weighted by Gasteiger charge is -2.12. The highest BCUT2D eigenvalue weighted by atomic mass is 35.5. The maximum absolute atomic E-state index is 6.02. The number of methoxy groups -OCH3 is 1. The van der Waals surface area contributed by atoms with E-state index in [1.54, 1.807) is 7.11 Å². The second-order valence-corrected chi connectivity index (χ2v) is 6.25. The summed E-state index contributed by atoms with van der Waals surface area (Å²) in [5.41, 5.74) is 2.04. The van der Waals surface area contributed by atoms with E-state index in [0.29, 0.717) is 11.6 Å². The third-order valence-corrected chi connectivity index (χ3v) is 4.05. The maximum atomic E-state index is 6.02. The first-order valence-corrected chi connectivity index (χ1v) is 8.76. The Morgan fingerprint density at radius 2 is 1.81 bits per heavy atom. The molecule has 2 N–H and O–H groups in total. The summed E-state index contributed by atoms with van der Waals surface area (Å²) in [6.07, 6.45) is 0.860. The molecule has 1 heterocycles. The van der Waals surface area contributed by atoms with Gasteiger partial charge in [0, 0.05) is 17.6 Å². The second kappa shape index (κ2) is 8.54. The smallest absolute Gasteiger partial charge is 0.142 e. The minimum atomic E-state index is 0.690. The largest absolute Gasteiger partial charge is 0.495 e. The van der Waals surface area contributed by atoms with Gasteiger partial charge in [0.05, 0.1) is 12.8 Å². The van der Waals surface area contributed by atoms with Crippen LogP contribution in [0.1, 0.15) is 11.4 Å². The summed E-state index contributed by atoms with van der Waals surface area (Å²) in [5.74, 6) is 2.94. The van der Waals surface area contributed by atoms with Crippen molar-refractivity contribution in [1.82, 2.24) is 9.97 Å². The molecule has 0 radical (unpaired) electrons. The van der Waals surface area contributed by atoms with Crippen molar-refractivity contribution >= 4 is 28.9 Å². The minimum Gasteiger partial charge on any atom is -0.495 e. The van der Waals surface area contributed by atoms with Gasteiger partial charge in [-0.25, -0.2) is 9.97 Å². The molecule has 0 aliphatic rings. The van der Waals surface area contributed by atoms with Crippen molar-refractivity contribution in [1.29, 1.82) is 0 Å². The molecule has 0 fully saturated rings. The van der Waals surface area contributed by atoms with Crippen LogP contribution in [0.15, 0.2) is 54.6 Å². The Hall–Kier alpha value is -2.79. The van der Waals surface area contributed by atoms with Crippen LogP contribution in [0, 0.1) is 6.92 Å². The summed E-state index contributed by atoms with van der Waals surface area (Å²) in [7, 11) is 1.65. The zero-order valence-corrected chi connectivity index (χ0v) is 15.5. The van der Waals surface area contributed by atoms with Crippen LogP contribution in [0.4, 0.5) is 17.3 Å². The lowest BCUT2D eigenvalue weighted by Crippen LogP contribution is -2.08. The Bertz CT molecular complexity index is 885. The molecule has 0 aliphatic carbocycles. The van der Waals surface area contributed by atoms with Gasteiger partial charge in [-0.1, -0.05) is 35.9 Å². The second-order valence-electron chi connectivity index (χ2n) is 5.82. The highest BCUT2D eigenvalue weighted by molar-refractivity contribution is 6.30. The fourth-order valence-corrected chi connectivity index (χ4v) is 2.85. The molecule has 3 aromatic rings. The Kier molecular flexibility index (Phi) is 5.92. The van der Waals surface area contributed by atoms with Crippen LogP contribution in [0.3, 0.4) is 0 Å². The fraction of sp³-hybridized carbons (Fsp3) is 0.200. The van der Waals surface area contributed by atoms with Crippen LogP contribution in [0.5, 0.6) is 5.75 Å². The van der Waals surface area contributed by atoms with Gasteiger partial charge < -0.3 is 15.4 Å². The number of hydrogen-bond donors (Lipinski definition) is 2. The maximum Gasteiger partial charge on any atom is 0.142 e. The van der Waals surface area contributed by atoms with Crippen molar-refractivity contribution < 1.29 is 4.74 Å². The molecule has 0 amide bonds. The number of nitrogens with zero attached hydrogens (tertiary/aromatic N) is 2. The average molecular weight is 369 g/mol. The predicted molar refractivity (Wildman–Crippen MR) is 107 cm³/mol. The number of ether oxygens (including phenoxy) is 1. The van der Waals surface area contributed by atoms with E-state index in [-0.39, 0.29) is 0 Å². The molecule has 0 saturated carbocycles. The predicted octanol–water partition coefficient (Wildman–Crippen LogP) is 4.85. The fourth-order valence-electron chi connectivity index (χ4n) is 2.64. The van der Waals surface area contributed by atoms with E-state index in [1.165, 1.54) is 5.56 Å². The van der Waals surface area contributed by atoms with E-state index in [2.05, 4.69) is 26.7 Å². The van der Waals surface area contributed by atoms with Crippen LogP contribution in [-0.2, 0) is 6.42 Å². The van der Waals surface area contributed by atoms with Gasteiger partial charge in [-0.3, -0.25) is 0 Å². The normalized spacial score (nSPS) is 10.4. The van der Waals surface area contributed by atoms with E-state index in [0.717, 1.165) is 35.2 Å². The zero-order valence-electron chi connectivity index (χ0n) is 14.8. The standard InChI is InChI=1S/C20H21ClN4O/c1-14-23-19(22-11-10-15-6-5-7-16(21)12-15)13-20(24-14)25-17-8-3-4-9-18(17)26-2/h3-9,12-13H,10-11H2,1-2H3,(H2,22,23,24,25). The zero-order chi connectivity index (χ0) is 18.4. The number of halogens is 1. The van der Waals surface area contributed by atoms with Gasteiger partial charge in [0.15, 0.2) is 0 Å². The van der Waals surface area contributed by atoms with Crippen molar-refractivity contribution in [3.05, 3.63) is 71.0 Å². The molecule has 3 rings (SSSR count). The first-order valence-electron chi connectivity index (χ1n) is 8.38. The molecule has 0 atom stereocenters. The summed E-state index contributed by atoms with van der Waals surface area (Å²) < 4.78 is 5.37. The van der Waals surface area contributed by atoms with Crippen LogP contribution >= 0.6 is 11.6 Å². The van der Waals surface area contributed by atoms with Gasteiger partial charge in [0.2, 0.25) is 0 Å². The number of para-hydroxylation sites is 2. The van der Waals surface area contributed by atoms with Crippen molar-refractivity contribution in [3.63, 3.8) is 0 Å². The van der Waals surface area contributed by atoms with Crippen molar-refractivity contribution in [2.45, 2.75) is 13.3 Å². The van der Waals surface area contributed by atoms with Crippen molar-refractivity contribution in [3.8, 4) is 5.75 Å². The molecule has 0 spiro atoms. The number of aryl methyl sites for hydroxylation is 1. The van der Waals surface area contributed by atoms with Gasteiger partial charge in [-0.2, -0.15) is 0 Å². The van der Waals surface area contributed by atoms with Gasteiger partial charge >= 0.3 is 0 Å². The highest BCUT2D eigenvalue weighted by Crippen LogP contribution is 2.26. The monoisotopic (exact) mass is 368 g/mol. The van der Waals surface area contributed by atoms with E-state index >= 15 is 0 Å². The quantitative estimate of drug-likeness (QED) is 0.624. The number of benzene rings is 2. The van der Waals surface area contributed by atoms with Crippen LogP contribution in [0.2, 0.25) is 5.02 Å². The van der Waals surface area contributed by atoms with E-state index < -0.39 is 0 Å². The molecule has 134 valence electrons. The SMILES string of the molecule is COc1ccccc1Nc1cc(NCCc2cccc(Cl)c2)nc(C)n1. The highest BCUT2D eigenvalue weighted by Gasteiger charge is 2.06. The van der Waals surface area contributed by atoms with E-state index in [4.69, 9.17) is 16.3 Å². The number of nitrogens with one attached hydrogen (secondary N) is 2. The molecule has 2 aromatic carbocycles. The molecule has 1 aromatic heterocycles. The molecular formula is C20H21ClN4O. The Morgan fingerprint density at radius 3 is 2.62 bits per heavy atom. The Balaban J connectivity index is 1.67. The van der Waals surface area contributed by atoms with E-state index in [1.807, 2.05) is 55.5 Å². The number of hydrogen-bond acceptors (Lipinski definition) is 5. The summed E-state index contributed by atoms with van der Waals surface area (Å²) in [6, 6.07) is 17.5. The van der Waals surface area contributed by atoms with Crippen LogP contribution in [0.25, 0.3) is 0 Å². The van der Waals surface area contributed by atoms with Gasteiger partial charge in [0.25, 0.3) is 0 Å². The molecule has 0 saturated heterocycles. The van der Waals surface area contributed by atoms with Crippen LogP contribution < -0.4 is 15.4 Å². The van der Waals surface area contributed by atoms with Crippen LogP contribution in [-0.4, -0.2) is 23.6 Å². The number of aromatic nitrogens is 2. The average Bonchev–Trinajstić information content (AvgIpc) is 2.62. The van der Waals surface area contributed by atoms with Gasteiger partial charge in [0.1, 0.15) is 23.2 Å². The minimum absolute atomic E-state index is 0.690. The number of anilines is 3. The lowest BCUT2D eigenvalue weighted by atomic mass is 10.1. The topological polar surface area (TPSA) is 59.1 Å². The molecular weight excluding hydrogens is 348 g/mol. The molecule has 0 bridgehead atoms. The summed E-state index contributed by atoms with van der Waals surface area (Å²) in [4.78, 5) is 8.89. The Labute approximate surface area is 158 Å². The first kappa shape index (κ1) is 18.0. The van der Waals surface area contributed by atoms with E-state index in [9.17, 15) is 0 Å². The van der Waals surface area contributed by atoms with Gasteiger partial charge in [-0.05, 0) is 43.2 Å². The third kappa shape index (κ3) is 4.86. The third-order valence-electron chi connectivity index (χ3n) is 3.82. The Morgan fingerprint density at radius 1 is 1.00 bits per heavy atom.